The number of ether oxygens (including phenoxy) is 1. The van der Waals surface area contributed by atoms with Crippen LogP contribution in [0, 0.1) is 5.92 Å². The van der Waals surface area contributed by atoms with Gasteiger partial charge in [-0.3, -0.25) is 4.79 Å². The van der Waals surface area contributed by atoms with Gasteiger partial charge in [0.25, 0.3) is 0 Å². The average Bonchev–Trinajstić information content (AvgIpc) is 2.53. The number of rotatable bonds is 5. The molecule has 3 N–H and O–H groups in total. The Morgan fingerprint density at radius 3 is 2.55 bits per heavy atom. The van der Waals surface area contributed by atoms with Crippen molar-refractivity contribution in [2.24, 2.45) is 11.7 Å². The molecular formula is C16H23NO3. The van der Waals surface area contributed by atoms with E-state index >= 15 is 0 Å². The maximum Gasteiger partial charge on any atom is 0.325 e. The highest BCUT2D eigenvalue weighted by Gasteiger charge is 2.31. The lowest BCUT2D eigenvalue weighted by atomic mass is 9.83. The Labute approximate surface area is 119 Å². The van der Waals surface area contributed by atoms with Gasteiger partial charge in [-0.05, 0) is 24.3 Å². The van der Waals surface area contributed by atoms with E-state index in [1.807, 2.05) is 30.3 Å². The predicted octanol–water partition coefficient (Wildman–Crippen LogP) is 2.00. The minimum absolute atomic E-state index is 0.128. The van der Waals surface area contributed by atoms with Gasteiger partial charge in [-0.25, -0.2) is 0 Å². The van der Waals surface area contributed by atoms with Crippen molar-refractivity contribution in [2.75, 3.05) is 0 Å². The molecule has 0 bridgehead atoms. The summed E-state index contributed by atoms with van der Waals surface area (Å²) in [6.07, 6.45) is 4.51. The van der Waals surface area contributed by atoms with Gasteiger partial charge in [-0.1, -0.05) is 49.6 Å². The van der Waals surface area contributed by atoms with Crippen molar-refractivity contribution >= 4 is 5.97 Å². The van der Waals surface area contributed by atoms with Gasteiger partial charge < -0.3 is 15.6 Å². The van der Waals surface area contributed by atoms with Gasteiger partial charge in [0.05, 0.1) is 6.10 Å². The summed E-state index contributed by atoms with van der Waals surface area (Å²) in [5, 5.41) is 10.2. The zero-order valence-corrected chi connectivity index (χ0v) is 11.7. The second-order valence-corrected chi connectivity index (χ2v) is 5.51. The van der Waals surface area contributed by atoms with E-state index in [1.165, 1.54) is 6.42 Å². The lowest BCUT2D eigenvalue weighted by Crippen LogP contribution is -2.47. The van der Waals surface area contributed by atoms with Crippen LogP contribution in [0.25, 0.3) is 0 Å². The molecule has 0 amide bonds. The molecule has 4 nitrogen and oxygen atoms in total. The summed E-state index contributed by atoms with van der Waals surface area (Å²) < 4.78 is 5.18. The second-order valence-electron chi connectivity index (χ2n) is 5.51. The van der Waals surface area contributed by atoms with Crippen LogP contribution >= 0.6 is 0 Å². The molecule has 1 saturated carbocycles. The van der Waals surface area contributed by atoms with E-state index < -0.39 is 18.1 Å². The minimum atomic E-state index is -0.943. The van der Waals surface area contributed by atoms with Crippen LogP contribution in [0.1, 0.15) is 37.7 Å². The molecule has 1 aliphatic rings. The van der Waals surface area contributed by atoms with Crippen molar-refractivity contribution in [1.82, 2.24) is 0 Å². The Morgan fingerprint density at radius 1 is 1.25 bits per heavy atom. The van der Waals surface area contributed by atoms with Gasteiger partial charge in [0.15, 0.2) is 0 Å². The zero-order valence-electron chi connectivity index (χ0n) is 11.7. The lowest BCUT2D eigenvalue weighted by Gasteiger charge is -2.29. The number of esters is 1. The first kappa shape index (κ1) is 15.0. The number of hydrogen-bond donors (Lipinski definition) is 2. The Bertz CT molecular complexity index is 415. The number of hydrogen-bond acceptors (Lipinski definition) is 4. The normalized spacial score (nSPS) is 19.3. The van der Waals surface area contributed by atoms with E-state index in [4.69, 9.17) is 10.5 Å². The smallest absolute Gasteiger partial charge is 0.325 e. The fourth-order valence-electron chi connectivity index (χ4n) is 2.73. The fourth-order valence-corrected chi connectivity index (χ4v) is 2.73. The monoisotopic (exact) mass is 277 g/mol. The Hall–Kier alpha value is -1.39. The van der Waals surface area contributed by atoms with Crippen molar-refractivity contribution in [3.63, 3.8) is 0 Å². The Balaban J connectivity index is 1.81. The van der Waals surface area contributed by atoms with E-state index in [0.717, 1.165) is 31.2 Å². The van der Waals surface area contributed by atoms with E-state index in [9.17, 15) is 9.90 Å². The Kier molecular flexibility index (Phi) is 5.56. The SMILES string of the molecule is NC(C(=O)OCc1ccccc1)C(O)C1CCCCC1. The van der Waals surface area contributed by atoms with Gasteiger partial charge in [0.1, 0.15) is 12.6 Å². The minimum Gasteiger partial charge on any atom is -0.460 e. The molecule has 0 heterocycles. The molecule has 0 aromatic heterocycles. The number of carbonyl (C=O) groups is 1. The van der Waals surface area contributed by atoms with Crippen LogP contribution < -0.4 is 5.73 Å². The molecule has 4 heteroatoms. The molecule has 0 radical (unpaired) electrons. The molecule has 1 aromatic rings. The zero-order chi connectivity index (χ0) is 14.4. The van der Waals surface area contributed by atoms with Gasteiger partial charge in [-0.15, -0.1) is 0 Å². The standard InChI is InChI=1S/C16H23NO3/c17-14(15(18)13-9-5-2-6-10-13)16(19)20-11-12-7-3-1-4-8-12/h1,3-4,7-8,13-15,18H,2,5-6,9-11,17H2. The Morgan fingerprint density at radius 2 is 1.90 bits per heavy atom. The van der Waals surface area contributed by atoms with E-state index in [0.29, 0.717) is 0 Å². The highest BCUT2D eigenvalue weighted by Crippen LogP contribution is 2.27. The molecular weight excluding hydrogens is 254 g/mol. The van der Waals surface area contributed by atoms with Crippen molar-refractivity contribution < 1.29 is 14.6 Å². The summed E-state index contributed by atoms with van der Waals surface area (Å²) >= 11 is 0. The predicted molar refractivity (Wildman–Crippen MR) is 76.8 cm³/mol. The third-order valence-electron chi connectivity index (χ3n) is 4.00. The van der Waals surface area contributed by atoms with Gasteiger partial charge in [0, 0.05) is 0 Å². The molecule has 2 atom stereocenters. The summed E-state index contributed by atoms with van der Waals surface area (Å²) in [4.78, 5) is 11.9. The average molecular weight is 277 g/mol. The molecule has 1 fully saturated rings. The van der Waals surface area contributed by atoms with Crippen LogP contribution in [0.15, 0.2) is 30.3 Å². The van der Waals surface area contributed by atoms with E-state index in [2.05, 4.69) is 0 Å². The number of aliphatic hydroxyl groups excluding tert-OH is 1. The van der Waals surface area contributed by atoms with Crippen LogP contribution in [0.4, 0.5) is 0 Å². The molecule has 0 aliphatic heterocycles. The quantitative estimate of drug-likeness (QED) is 0.807. The molecule has 1 aromatic carbocycles. The number of benzene rings is 1. The third-order valence-corrected chi connectivity index (χ3v) is 4.00. The van der Waals surface area contributed by atoms with E-state index in [-0.39, 0.29) is 12.5 Å². The molecule has 2 rings (SSSR count). The lowest BCUT2D eigenvalue weighted by molar-refractivity contribution is -0.150. The topological polar surface area (TPSA) is 72.6 Å². The van der Waals surface area contributed by atoms with Crippen molar-refractivity contribution in [3.8, 4) is 0 Å². The van der Waals surface area contributed by atoms with Crippen LogP contribution in [-0.2, 0) is 16.1 Å². The first-order chi connectivity index (χ1) is 9.68. The maximum atomic E-state index is 11.9. The number of aliphatic hydroxyl groups is 1. The molecule has 0 saturated heterocycles. The summed E-state index contributed by atoms with van der Waals surface area (Å²) in [7, 11) is 0. The first-order valence-electron chi connectivity index (χ1n) is 7.32. The van der Waals surface area contributed by atoms with Crippen LogP contribution in [-0.4, -0.2) is 23.2 Å². The van der Waals surface area contributed by atoms with Gasteiger partial charge >= 0.3 is 5.97 Å². The van der Waals surface area contributed by atoms with Crippen LogP contribution in [0.2, 0.25) is 0 Å². The van der Waals surface area contributed by atoms with Crippen molar-refractivity contribution in [2.45, 2.75) is 50.9 Å². The van der Waals surface area contributed by atoms with Crippen LogP contribution in [0.3, 0.4) is 0 Å². The second kappa shape index (κ2) is 7.41. The largest absolute Gasteiger partial charge is 0.460 e. The third kappa shape index (κ3) is 4.05. The summed E-state index contributed by atoms with van der Waals surface area (Å²) in [5.41, 5.74) is 6.75. The molecule has 110 valence electrons. The molecule has 0 spiro atoms. The number of nitrogens with two attached hydrogens (primary N) is 1. The summed E-state index contributed by atoms with van der Waals surface area (Å²) in [6, 6.07) is 8.51. The molecule has 2 unspecified atom stereocenters. The summed E-state index contributed by atoms with van der Waals surface area (Å²) in [6.45, 7) is 0.199. The van der Waals surface area contributed by atoms with Crippen molar-refractivity contribution in [3.05, 3.63) is 35.9 Å². The fraction of sp³-hybridized carbons (Fsp3) is 0.562. The van der Waals surface area contributed by atoms with Crippen LogP contribution in [0.5, 0.6) is 0 Å². The highest BCUT2D eigenvalue weighted by atomic mass is 16.5. The van der Waals surface area contributed by atoms with Gasteiger partial charge in [-0.2, -0.15) is 0 Å². The van der Waals surface area contributed by atoms with E-state index in [1.54, 1.807) is 0 Å². The highest BCUT2D eigenvalue weighted by molar-refractivity contribution is 5.76. The van der Waals surface area contributed by atoms with Gasteiger partial charge in [0.2, 0.25) is 0 Å². The molecule has 1 aliphatic carbocycles. The molecule has 20 heavy (non-hydrogen) atoms. The number of carbonyl (C=O) groups excluding carboxylic acids is 1. The summed E-state index contributed by atoms with van der Waals surface area (Å²) in [5.74, 6) is -0.394. The van der Waals surface area contributed by atoms with Crippen molar-refractivity contribution in [1.29, 1.82) is 0 Å². The maximum absolute atomic E-state index is 11.9. The first-order valence-corrected chi connectivity index (χ1v) is 7.32.